The zero-order valence-electron chi connectivity index (χ0n) is 11.5. The van der Waals surface area contributed by atoms with Crippen molar-refractivity contribution in [3.8, 4) is 0 Å². The molecule has 4 heteroatoms. The summed E-state index contributed by atoms with van der Waals surface area (Å²) in [4.78, 5) is 20.2. The van der Waals surface area contributed by atoms with E-state index in [1.807, 2.05) is 29.6 Å². The molecule has 20 heavy (non-hydrogen) atoms. The minimum atomic E-state index is 0.00227. The number of aromatic amines is 1. The highest BCUT2D eigenvalue weighted by atomic mass is 32.1. The zero-order valence-corrected chi connectivity index (χ0v) is 12.3. The van der Waals surface area contributed by atoms with E-state index in [0.29, 0.717) is 16.5 Å². The Hall–Kier alpha value is -1.94. The highest BCUT2D eigenvalue weighted by molar-refractivity contribution is 7.12. The SMILES string of the molecule is CC(C)Cc1csc(C(=O)c2c[nH]c3ccccc23)n1. The maximum Gasteiger partial charge on any atom is 0.223 e. The molecule has 1 N–H and O–H groups in total. The Morgan fingerprint density at radius 3 is 2.95 bits per heavy atom. The summed E-state index contributed by atoms with van der Waals surface area (Å²) in [6.07, 6.45) is 2.69. The lowest BCUT2D eigenvalue weighted by Crippen LogP contribution is -2.01. The van der Waals surface area contributed by atoms with Crippen LogP contribution in [0.2, 0.25) is 0 Å². The van der Waals surface area contributed by atoms with E-state index in [1.165, 1.54) is 11.3 Å². The first kappa shape index (κ1) is 13.1. The first-order valence-electron chi connectivity index (χ1n) is 6.70. The van der Waals surface area contributed by atoms with Crippen LogP contribution < -0.4 is 0 Å². The fraction of sp³-hybridized carbons (Fsp3) is 0.250. The summed E-state index contributed by atoms with van der Waals surface area (Å²) >= 11 is 1.43. The van der Waals surface area contributed by atoms with Gasteiger partial charge in [-0.3, -0.25) is 4.79 Å². The molecule has 0 fully saturated rings. The number of ketones is 1. The number of hydrogen-bond acceptors (Lipinski definition) is 3. The standard InChI is InChI=1S/C16H16N2OS/c1-10(2)7-11-9-20-16(18-11)15(19)13-8-17-14-6-4-3-5-12(13)14/h3-6,8-10,17H,7H2,1-2H3. The predicted octanol–water partition coefficient (Wildman–Crippen LogP) is 4.05. The highest BCUT2D eigenvalue weighted by Gasteiger charge is 2.17. The number of aromatic nitrogens is 2. The normalized spacial score (nSPS) is 11.3. The fourth-order valence-electron chi connectivity index (χ4n) is 2.30. The molecule has 0 saturated heterocycles. The first-order valence-corrected chi connectivity index (χ1v) is 7.58. The van der Waals surface area contributed by atoms with Gasteiger partial charge in [-0.1, -0.05) is 32.0 Å². The lowest BCUT2D eigenvalue weighted by Gasteiger charge is -1.99. The van der Waals surface area contributed by atoms with E-state index in [9.17, 15) is 4.79 Å². The van der Waals surface area contributed by atoms with Crippen molar-refractivity contribution >= 4 is 28.0 Å². The van der Waals surface area contributed by atoms with E-state index in [1.54, 1.807) is 6.20 Å². The molecule has 0 saturated carbocycles. The molecule has 0 atom stereocenters. The van der Waals surface area contributed by atoms with E-state index in [0.717, 1.165) is 23.0 Å². The number of nitrogens with zero attached hydrogens (tertiary/aromatic N) is 1. The Morgan fingerprint density at radius 1 is 1.35 bits per heavy atom. The molecule has 0 aliphatic carbocycles. The molecule has 3 aromatic rings. The zero-order chi connectivity index (χ0) is 14.1. The van der Waals surface area contributed by atoms with Crippen LogP contribution in [0.1, 0.15) is 34.9 Å². The predicted molar refractivity (Wildman–Crippen MR) is 82.4 cm³/mol. The van der Waals surface area contributed by atoms with Crippen LogP contribution in [0.4, 0.5) is 0 Å². The number of nitrogens with one attached hydrogen (secondary N) is 1. The molecule has 0 unspecified atom stereocenters. The molecule has 0 spiro atoms. The Bertz CT molecular complexity index is 755. The van der Waals surface area contributed by atoms with Gasteiger partial charge in [-0.15, -0.1) is 11.3 Å². The lowest BCUT2D eigenvalue weighted by atomic mass is 10.1. The highest BCUT2D eigenvalue weighted by Crippen LogP contribution is 2.23. The van der Waals surface area contributed by atoms with E-state index >= 15 is 0 Å². The monoisotopic (exact) mass is 284 g/mol. The van der Waals surface area contributed by atoms with Gasteiger partial charge in [0.1, 0.15) is 0 Å². The summed E-state index contributed by atoms with van der Waals surface area (Å²) in [5, 5.41) is 3.52. The molecular formula is C16H16N2OS. The molecule has 0 bridgehead atoms. The topological polar surface area (TPSA) is 45.8 Å². The van der Waals surface area contributed by atoms with Gasteiger partial charge in [0.15, 0.2) is 5.01 Å². The summed E-state index contributed by atoms with van der Waals surface area (Å²) in [7, 11) is 0. The average molecular weight is 284 g/mol. The number of para-hydroxylation sites is 1. The molecule has 2 heterocycles. The third kappa shape index (κ3) is 2.39. The van der Waals surface area contributed by atoms with Crippen LogP contribution in [-0.2, 0) is 6.42 Å². The van der Waals surface area contributed by atoms with Gasteiger partial charge in [0.05, 0.1) is 11.3 Å². The second-order valence-electron chi connectivity index (χ2n) is 5.32. The number of rotatable bonds is 4. The van der Waals surface area contributed by atoms with Crippen molar-refractivity contribution in [1.82, 2.24) is 9.97 Å². The third-order valence-electron chi connectivity index (χ3n) is 3.20. The van der Waals surface area contributed by atoms with Gasteiger partial charge in [-0.05, 0) is 18.4 Å². The third-order valence-corrected chi connectivity index (χ3v) is 4.09. The number of carbonyl (C=O) groups is 1. The van der Waals surface area contributed by atoms with Crippen LogP contribution in [-0.4, -0.2) is 15.8 Å². The van der Waals surface area contributed by atoms with Gasteiger partial charge in [-0.2, -0.15) is 0 Å². The maximum atomic E-state index is 12.5. The fourth-order valence-corrected chi connectivity index (χ4v) is 3.08. The second kappa shape index (κ2) is 5.21. The number of benzene rings is 1. The number of carbonyl (C=O) groups excluding carboxylic acids is 1. The van der Waals surface area contributed by atoms with Gasteiger partial charge in [0.2, 0.25) is 5.78 Å². The first-order chi connectivity index (χ1) is 9.65. The second-order valence-corrected chi connectivity index (χ2v) is 6.18. The molecule has 3 nitrogen and oxygen atoms in total. The largest absolute Gasteiger partial charge is 0.360 e. The van der Waals surface area contributed by atoms with Gasteiger partial charge in [0.25, 0.3) is 0 Å². The van der Waals surface area contributed by atoms with Crippen molar-refractivity contribution < 1.29 is 4.79 Å². The number of fused-ring (bicyclic) bond motifs is 1. The van der Waals surface area contributed by atoms with E-state index in [2.05, 4.69) is 23.8 Å². The van der Waals surface area contributed by atoms with E-state index < -0.39 is 0 Å². The Balaban J connectivity index is 1.94. The summed E-state index contributed by atoms with van der Waals surface area (Å²) in [5.74, 6) is 0.551. The number of hydrogen-bond donors (Lipinski definition) is 1. The van der Waals surface area contributed by atoms with Crippen molar-refractivity contribution in [2.75, 3.05) is 0 Å². The van der Waals surface area contributed by atoms with Gasteiger partial charge in [0, 0.05) is 22.5 Å². The molecule has 2 aromatic heterocycles. The number of thiazole rings is 1. The van der Waals surface area contributed by atoms with E-state index in [4.69, 9.17) is 0 Å². The van der Waals surface area contributed by atoms with Crippen molar-refractivity contribution in [1.29, 1.82) is 0 Å². The lowest BCUT2D eigenvalue weighted by molar-refractivity contribution is 0.103. The summed E-state index contributed by atoms with van der Waals surface area (Å²) in [6, 6.07) is 7.83. The number of H-pyrrole nitrogens is 1. The van der Waals surface area contributed by atoms with Crippen molar-refractivity contribution in [3.63, 3.8) is 0 Å². The maximum absolute atomic E-state index is 12.5. The van der Waals surface area contributed by atoms with Crippen LogP contribution in [0.3, 0.4) is 0 Å². The molecule has 0 amide bonds. The molecule has 3 rings (SSSR count). The van der Waals surface area contributed by atoms with Crippen molar-refractivity contribution in [3.05, 3.63) is 52.1 Å². The van der Waals surface area contributed by atoms with Crippen molar-refractivity contribution in [2.45, 2.75) is 20.3 Å². The average Bonchev–Trinajstić information content (AvgIpc) is 3.03. The Labute approximate surface area is 121 Å². The summed E-state index contributed by atoms with van der Waals surface area (Å²) in [5.41, 5.74) is 2.69. The van der Waals surface area contributed by atoms with Crippen LogP contribution >= 0.6 is 11.3 Å². The molecule has 102 valence electrons. The van der Waals surface area contributed by atoms with Gasteiger partial charge >= 0.3 is 0 Å². The van der Waals surface area contributed by atoms with Crippen molar-refractivity contribution in [2.24, 2.45) is 5.92 Å². The van der Waals surface area contributed by atoms with Crippen LogP contribution in [0, 0.1) is 5.92 Å². The van der Waals surface area contributed by atoms with Crippen LogP contribution in [0.25, 0.3) is 10.9 Å². The molecular weight excluding hydrogens is 268 g/mol. The molecule has 0 aliphatic heterocycles. The smallest absolute Gasteiger partial charge is 0.223 e. The minimum absolute atomic E-state index is 0.00227. The quantitative estimate of drug-likeness (QED) is 0.734. The van der Waals surface area contributed by atoms with Gasteiger partial charge in [-0.25, -0.2) is 4.98 Å². The minimum Gasteiger partial charge on any atom is -0.360 e. The summed E-state index contributed by atoms with van der Waals surface area (Å²) < 4.78 is 0. The molecule has 1 aromatic carbocycles. The van der Waals surface area contributed by atoms with Crippen LogP contribution in [0.5, 0.6) is 0 Å². The molecule has 0 aliphatic rings. The molecule has 0 radical (unpaired) electrons. The van der Waals surface area contributed by atoms with E-state index in [-0.39, 0.29) is 5.78 Å². The Kier molecular flexibility index (Phi) is 3.40. The Morgan fingerprint density at radius 2 is 2.15 bits per heavy atom. The summed E-state index contributed by atoms with van der Waals surface area (Å²) in [6.45, 7) is 4.31. The van der Waals surface area contributed by atoms with Gasteiger partial charge < -0.3 is 4.98 Å². The van der Waals surface area contributed by atoms with Crippen LogP contribution in [0.15, 0.2) is 35.8 Å².